The minimum atomic E-state index is -0.510. The Morgan fingerprint density at radius 3 is 1.71 bits per heavy atom. The van der Waals surface area contributed by atoms with Crippen LogP contribution < -0.4 is 9.80 Å². The highest BCUT2D eigenvalue weighted by molar-refractivity contribution is 6.32. The Bertz CT molecular complexity index is 1030. The van der Waals surface area contributed by atoms with Crippen LogP contribution in [0.1, 0.15) is 90.3 Å². The third-order valence-corrected chi connectivity index (χ3v) is 7.66. The smallest absolute Gasteiger partial charge is 0.246 e. The molecule has 0 radical (unpaired) electrons. The average Bonchev–Trinajstić information content (AvgIpc) is 3.03. The lowest BCUT2D eigenvalue weighted by Gasteiger charge is -2.26. The van der Waals surface area contributed by atoms with Gasteiger partial charge in [-0.05, 0) is 61.3 Å². The van der Waals surface area contributed by atoms with Crippen LogP contribution in [0.2, 0.25) is 0 Å². The third-order valence-electron chi connectivity index (χ3n) is 6.93. The largest absolute Gasteiger partial charge is 0.361 e. The quantitative estimate of drug-likeness (QED) is 0.0949. The zero-order chi connectivity index (χ0) is 31.3. The number of hydrogen-bond acceptors (Lipinski definition) is 4. The zero-order valence-corrected chi connectivity index (χ0v) is 28.1. The molecule has 2 aromatic rings. The SMILES string of the molecule is CCCCOCN(C(=O)C(Cl)CC)c1ccccc1CC.CCCCOCN(C(=O)CCl)c1c(CC)cccc1CC. The molecule has 0 spiro atoms. The number of nitrogens with zero attached hydrogens (tertiary/aromatic N) is 2. The Hall–Kier alpha value is -2.12. The van der Waals surface area contributed by atoms with Crippen LogP contribution in [0.15, 0.2) is 42.5 Å². The number of carbonyl (C=O) groups excluding carboxylic acids is 2. The molecule has 0 aliphatic rings. The van der Waals surface area contributed by atoms with E-state index in [2.05, 4.69) is 46.8 Å². The number of alkyl halides is 2. The van der Waals surface area contributed by atoms with Crippen LogP contribution in [-0.2, 0) is 38.3 Å². The lowest BCUT2D eigenvalue weighted by molar-refractivity contribution is -0.119. The second-order valence-corrected chi connectivity index (χ2v) is 10.8. The van der Waals surface area contributed by atoms with Gasteiger partial charge in [0.2, 0.25) is 11.8 Å². The van der Waals surface area contributed by atoms with Gasteiger partial charge >= 0.3 is 0 Å². The van der Waals surface area contributed by atoms with Gasteiger partial charge in [0.05, 0.1) is 5.69 Å². The summed E-state index contributed by atoms with van der Waals surface area (Å²) in [4.78, 5) is 28.1. The average molecular weight is 624 g/mol. The lowest BCUT2D eigenvalue weighted by Crippen LogP contribution is -2.39. The molecule has 0 saturated heterocycles. The molecule has 2 amide bonds. The summed E-state index contributed by atoms with van der Waals surface area (Å²) >= 11 is 11.9. The van der Waals surface area contributed by atoms with Gasteiger partial charge in [0.25, 0.3) is 0 Å². The fraction of sp³-hybridized carbons (Fsp3) is 0.588. The molecule has 8 heteroatoms. The molecular formula is C34H52Cl2N2O4. The maximum absolute atomic E-state index is 12.5. The van der Waals surface area contributed by atoms with E-state index in [1.54, 1.807) is 9.80 Å². The predicted molar refractivity (Wildman–Crippen MR) is 178 cm³/mol. The summed E-state index contributed by atoms with van der Waals surface area (Å²) in [7, 11) is 0. The van der Waals surface area contributed by atoms with Crippen LogP contribution in [0.25, 0.3) is 0 Å². The molecule has 2 rings (SSSR count). The molecule has 0 heterocycles. The van der Waals surface area contributed by atoms with Crippen LogP contribution in [0.3, 0.4) is 0 Å². The maximum Gasteiger partial charge on any atom is 0.246 e. The Labute approximate surface area is 264 Å². The second kappa shape index (κ2) is 22.4. The Morgan fingerprint density at radius 1 is 0.738 bits per heavy atom. The fourth-order valence-electron chi connectivity index (χ4n) is 4.37. The molecule has 1 atom stereocenters. The first-order valence-corrected chi connectivity index (χ1v) is 16.5. The van der Waals surface area contributed by atoms with E-state index in [1.807, 2.05) is 37.3 Å². The van der Waals surface area contributed by atoms with E-state index in [0.717, 1.165) is 73.0 Å². The van der Waals surface area contributed by atoms with Gasteiger partial charge in [0, 0.05) is 18.9 Å². The standard InChI is InChI=1S/2C17H26ClNO2/c1-4-7-12-21-13-19(17(20)15(18)6-3)16-11-9-8-10-14(16)5-2;1-4-7-11-21-13-19(16(20)12-18)17-14(5-2)9-8-10-15(17)6-3/h8-11,15H,4-7,12-13H2,1-3H3;8-10H,4-7,11-13H2,1-3H3. The van der Waals surface area contributed by atoms with E-state index >= 15 is 0 Å². The van der Waals surface area contributed by atoms with Crippen molar-refractivity contribution >= 4 is 46.4 Å². The summed E-state index contributed by atoms with van der Waals surface area (Å²) in [5.41, 5.74) is 5.33. The molecule has 6 nitrogen and oxygen atoms in total. The van der Waals surface area contributed by atoms with Crippen molar-refractivity contribution in [2.24, 2.45) is 0 Å². The number of benzene rings is 2. The number of para-hydroxylation sites is 2. The monoisotopic (exact) mass is 622 g/mol. The summed E-state index contributed by atoms with van der Waals surface area (Å²) in [6.07, 6.45) is 7.39. The number of halogens is 2. The number of rotatable bonds is 18. The summed E-state index contributed by atoms with van der Waals surface area (Å²) < 4.78 is 11.3. The van der Waals surface area contributed by atoms with Gasteiger partial charge in [-0.3, -0.25) is 19.4 Å². The molecule has 0 aliphatic carbocycles. The summed E-state index contributed by atoms with van der Waals surface area (Å²) in [6.45, 7) is 14.3. The predicted octanol–water partition coefficient (Wildman–Crippen LogP) is 8.53. The first-order chi connectivity index (χ1) is 20.3. The van der Waals surface area contributed by atoms with Crippen molar-refractivity contribution in [1.29, 1.82) is 0 Å². The first kappa shape index (κ1) is 37.9. The number of carbonyl (C=O) groups is 2. The number of aryl methyl sites for hydroxylation is 3. The van der Waals surface area contributed by atoms with Crippen LogP contribution >= 0.6 is 23.2 Å². The minimum absolute atomic E-state index is 0.0294. The van der Waals surface area contributed by atoms with Gasteiger partial charge in [0.1, 0.15) is 24.7 Å². The molecule has 0 bridgehead atoms. The van der Waals surface area contributed by atoms with E-state index in [-0.39, 0.29) is 31.2 Å². The van der Waals surface area contributed by atoms with Gasteiger partial charge in [-0.15, -0.1) is 23.2 Å². The Kier molecular flexibility index (Phi) is 20.2. The van der Waals surface area contributed by atoms with Crippen LogP contribution in [0.4, 0.5) is 11.4 Å². The minimum Gasteiger partial charge on any atom is -0.361 e. The molecule has 0 aliphatic heterocycles. The maximum atomic E-state index is 12.5. The normalized spacial score (nSPS) is 11.4. The highest BCUT2D eigenvalue weighted by Gasteiger charge is 2.24. The topological polar surface area (TPSA) is 59.1 Å². The third kappa shape index (κ3) is 12.2. The molecule has 1 unspecified atom stereocenters. The molecular weight excluding hydrogens is 571 g/mol. The van der Waals surface area contributed by atoms with Crippen molar-refractivity contribution in [3.05, 3.63) is 59.2 Å². The van der Waals surface area contributed by atoms with Crippen LogP contribution in [0.5, 0.6) is 0 Å². The summed E-state index contributed by atoms with van der Waals surface area (Å²) in [5, 5.41) is -0.510. The molecule has 236 valence electrons. The molecule has 0 saturated carbocycles. The molecule has 0 N–H and O–H groups in total. The van der Waals surface area contributed by atoms with E-state index in [9.17, 15) is 9.59 Å². The van der Waals surface area contributed by atoms with E-state index in [1.165, 1.54) is 0 Å². The Balaban J connectivity index is 0.000000420. The van der Waals surface area contributed by atoms with Crippen molar-refractivity contribution in [2.75, 3.05) is 42.4 Å². The molecule has 0 aromatic heterocycles. The van der Waals surface area contributed by atoms with Crippen molar-refractivity contribution < 1.29 is 19.1 Å². The highest BCUT2D eigenvalue weighted by Crippen LogP contribution is 2.28. The number of hydrogen-bond donors (Lipinski definition) is 0. The van der Waals surface area contributed by atoms with Gasteiger partial charge < -0.3 is 9.47 Å². The number of ether oxygens (including phenoxy) is 2. The number of amides is 2. The second-order valence-electron chi connectivity index (χ2n) is 9.99. The van der Waals surface area contributed by atoms with Gasteiger partial charge in [-0.25, -0.2) is 0 Å². The molecule has 2 aromatic carbocycles. The summed E-state index contributed by atoms with van der Waals surface area (Å²) in [5.74, 6) is -0.224. The van der Waals surface area contributed by atoms with Gasteiger partial charge in [-0.2, -0.15) is 0 Å². The van der Waals surface area contributed by atoms with Crippen molar-refractivity contribution in [3.63, 3.8) is 0 Å². The number of unbranched alkanes of at least 4 members (excludes halogenated alkanes) is 2. The first-order valence-electron chi connectivity index (χ1n) is 15.5. The van der Waals surface area contributed by atoms with Crippen molar-refractivity contribution in [2.45, 2.75) is 98.3 Å². The zero-order valence-electron chi connectivity index (χ0n) is 26.6. The van der Waals surface area contributed by atoms with Gasteiger partial charge in [0.15, 0.2) is 0 Å². The summed E-state index contributed by atoms with van der Waals surface area (Å²) in [6, 6.07) is 14.1. The van der Waals surface area contributed by atoms with Crippen LogP contribution in [0, 0.1) is 0 Å². The van der Waals surface area contributed by atoms with E-state index < -0.39 is 5.38 Å². The van der Waals surface area contributed by atoms with E-state index in [4.69, 9.17) is 32.7 Å². The Morgan fingerprint density at radius 2 is 1.24 bits per heavy atom. The lowest BCUT2D eigenvalue weighted by atomic mass is 10.0. The van der Waals surface area contributed by atoms with Crippen molar-refractivity contribution in [3.8, 4) is 0 Å². The molecule has 42 heavy (non-hydrogen) atoms. The van der Waals surface area contributed by atoms with E-state index in [0.29, 0.717) is 19.6 Å². The molecule has 0 fully saturated rings. The van der Waals surface area contributed by atoms with Gasteiger partial charge in [-0.1, -0.05) is 90.8 Å². The number of anilines is 2. The van der Waals surface area contributed by atoms with Crippen LogP contribution in [-0.4, -0.2) is 49.7 Å². The van der Waals surface area contributed by atoms with Crippen molar-refractivity contribution in [1.82, 2.24) is 0 Å². The fourth-order valence-corrected chi connectivity index (χ4v) is 4.63. The highest BCUT2D eigenvalue weighted by atomic mass is 35.5.